The van der Waals surface area contributed by atoms with Crippen molar-refractivity contribution in [2.24, 2.45) is 0 Å². The molecule has 0 saturated carbocycles. The van der Waals surface area contributed by atoms with Gasteiger partial charge in [0.2, 0.25) is 10.0 Å². The molecule has 1 aromatic carbocycles. The first-order valence-electron chi connectivity index (χ1n) is 6.66. The zero-order chi connectivity index (χ0) is 14.0. The highest BCUT2D eigenvalue weighted by Crippen LogP contribution is 2.31. The predicted molar refractivity (Wildman–Crippen MR) is 75.1 cm³/mol. The Morgan fingerprint density at radius 2 is 1.74 bits per heavy atom. The number of rotatable bonds is 4. The van der Waals surface area contributed by atoms with Gasteiger partial charge in [0.25, 0.3) is 0 Å². The molecule has 2 rings (SSSR count). The Bertz CT molecular complexity index is 564. The first-order chi connectivity index (χ1) is 8.94. The molecule has 4 nitrogen and oxygen atoms in total. The molecule has 106 valence electrons. The third-order valence-corrected chi connectivity index (χ3v) is 4.99. The molecule has 1 aliphatic rings. The lowest BCUT2D eigenvalue weighted by Gasteiger charge is -2.20. The fraction of sp³-hybridized carbons (Fsp3) is 0.571. The van der Waals surface area contributed by atoms with E-state index in [1.807, 2.05) is 19.9 Å². The van der Waals surface area contributed by atoms with Gasteiger partial charge in [-0.25, -0.2) is 13.1 Å². The molecule has 5 heteroatoms. The first-order valence-corrected chi connectivity index (χ1v) is 8.14. The van der Waals surface area contributed by atoms with E-state index in [4.69, 9.17) is 4.74 Å². The molecular weight excluding hydrogens is 262 g/mol. The molecule has 1 aliphatic carbocycles. The van der Waals surface area contributed by atoms with E-state index in [1.165, 1.54) is 12.7 Å². The minimum absolute atomic E-state index is 0.134. The van der Waals surface area contributed by atoms with Crippen molar-refractivity contribution in [3.05, 3.63) is 23.3 Å². The highest BCUT2D eigenvalue weighted by Gasteiger charge is 2.23. The standard InChI is InChI=1S/C14H21NO3S/c1-10(2)15-19(16,17)14-9-12-7-5-4-6-11(12)8-13(14)18-3/h8-10,15H,4-7H2,1-3H3. The quantitative estimate of drug-likeness (QED) is 0.922. The number of nitrogens with one attached hydrogen (secondary N) is 1. The maximum atomic E-state index is 12.3. The maximum Gasteiger partial charge on any atom is 0.244 e. The second kappa shape index (κ2) is 5.51. The highest BCUT2D eigenvalue weighted by atomic mass is 32.2. The Labute approximate surface area is 115 Å². The molecule has 0 spiro atoms. The van der Waals surface area contributed by atoms with Crippen molar-refractivity contribution in [2.75, 3.05) is 7.11 Å². The van der Waals surface area contributed by atoms with Crippen LogP contribution in [-0.4, -0.2) is 21.6 Å². The summed E-state index contributed by atoms with van der Waals surface area (Å²) in [6.07, 6.45) is 4.23. The van der Waals surface area contributed by atoms with Crippen molar-refractivity contribution >= 4 is 10.0 Å². The summed E-state index contributed by atoms with van der Waals surface area (Å²) in [5, 5.41) is 0. The van der Waals surface area contributed by atoms with Gasteiger partial charge in [0.15, 0.2) is 0 Å². The van der Waals surface area contributed by atoms with Crippen LogP contribution in [0.5, 0.6) is 5.75 Å². The molecule has 0 bridgehead atoms. The Hall–Kier alpha value is -1.07. The zero-order valence-electron chi connectivity index (χ0n) is 11.7. The Kier molecular flexibility index (Phi) is 4.16. The lowest BCUT2D eigenvalue weighted by atomic mass is 9.92. The third-order valence-electron chi connectivity index (χ3n) is 3.31. The molecule has 19 heavy (non-hydrogen) atoms. The van der Waals surface area contributed by atoms with E-state index in [0.717, 1.165) is 31.2 Å². The molecular formula is C14H21NO3S. The van der Waals surface area contributed by atoms with Gasteiger partial charge in [0.1, 0.15) is 10.6 Å². The molecule has 0 heterocycles. The van der Waals surface area contributed by atoms with Crippen LogP contribution in [0.15, 0.2) is 17.0 Å². The van der Waals surface area contributed by atoms with Gasteiger partial charge < -0.3 is 4.74 Å². The van der Waals surface area contributed by atoms with Crippen LogP contribution in [0.1, 0.15) is 37.8 Å². The number of aryl methyl sites for hydroxylation is 2. The molecule has 1 N–H and O–H groups in total. The number of methoxy groups -OCH3 is 1. The van der Waals surface area contributed by atoms with Crippen molar-refractivity contribution in [2.45, 2.75) is 50.5 Å². The smallest absolute Gasteiger partial charge is 0.244 e. The van der Waals surface area contributed by atoms with Gasteiger partial charge in [-0.05, 0) is 62.8 Å². The van der Waals surface area contributed by atoms with Gasteiger partial charge in [-0.15, -0.1) is 0 Å². The maximum absolute atomic E-state index is 12.3. The first kappa shape index (κ1) is 14.3. The van der Waals surface area contributed by atoms with Gasteiger partial charge >= 0.3 is 0 Å². The van der Waals surface area contributed by atoms with Crippen LogP contribution in [0.25, 0.3) is 0 Å². The fourth-order valence-electron chi connectivity index (χ4n) is 2.48. The average molecular weight is 283 g/mol. The molecule has 0 radical (unpaired) electrons. The number of hydrogen-bond acceptors (Lipinski definition) is 3. The molecule has 0 aromatic heterocycles. The Morgan fingerprint density at radius 1 is 1.16 bits per heavy atom. The van der Waals surface area contributed by atoms with Crippen LogP contribution in [0, 0.1) is 0 Å². The lowest BCUT2D eigenvalue weighted by molar-refractivity contribution is 0.400. The van der Waals surface area contributed by atoms with Gasteiger partial charge in [-0.2, -0.15) is 0 Å². The van der Waals surface area contributed by atoms with Gasteiger partial charge in [0.05, 0.1) is 7.11 Å². The second-order valence-corrected chi connectivity index (χ2v) is 6.94. The SMILES string of the molecule is COc1cc2c(cc1S(=O)(=O)NC(C)C)CCCC2. The van der Waals surface area contributed by atoms with Crippen molar-refractivity contribution in [1.29, 1.82) is 0 Å². The van der Waals surface area contributed by atoms with Crippen LogP contribution in [0.2, 0.25) is 0 Å². The normalized spacial score (nSPS) is 15.4. The summed E-state index contributed by atoms with van der Waals surface area (Å²) in [6, 6.07) is 3.52. The number of ether oxygens (including phenoxy) is 1. The van der Waals surface area contributed by atoms with Gasteiger partial charge in [-0.3, -0.25) is 0 Å². The monoisotopic (exact) mass is 283 g/mol. The summed E-state index contributed by atoms with van der Waals surface area (Å²) in [5.41, 5.74) is 2.35. The van der Waals surface area contributed by atoms with E-state index in [0.29, 0.717) is 5.75 Å². The number of benzene rings is 1. The topological polar surface area (TPSA) is 55.4 Å². The fourth-order valence-corrected chi connectivity index (χ4v) is 3.94. The van der Waals surface area contributed by atoms with Crippen LogP contribution >= 0.6 is 0 Å². The molecule has 0 fully saturated rings. The minimum Gasteiger partial charge on any atom is -0.495 e. The van der Waals surface area contributed by atoms with Crippen molar-refractivity contribution in [3.8, 4) is 5.75 Å². The van der Waals surface area contributed by atoms with E-state index < -0.39 is 10.0 Å². The summed E-state index contributed by atoms with van der Waals surface area (Å²) < 4.78 is 32.5. The summed E-state index contributed by atoms with van der Waals surface area (Å²) in [4.78, 5) is 0.254. The van der Waals surface area contributed by atoms with Crippen LogP contribution in [-0.2, 0) is 22.9 Å². The van der Waals surface area contributed by atoms with Gasteiger partial charge in [-0.1, -0.05) is 0 Å². The van der Waals surface area contributed by atoms with E-state index in [2.05, 4.69) is 4.72 Å². The molecule has 1 aromatic rings. The molecule has 0 atom stereocenters. The predicted octanol–water partition coefficient (Wildman–Crippen LogP) is 2.26. The summed E-state index contributed by atoms with van der Waals surface area (Å²) >= 11 is 0. The van der Waals surface area contributed by atoms with Crippen molar-refractivity contribution in [1.82, 2.24) is 4.72 Å². The van der Waals surface area contributed by atoms with E-state index in [1.54, 1.807) is 6.07 Å². The van der Waals surface area contributed by atoms with E-state index >= 15 is 0 Å². The highest BCUT2D eigenvalue weighted by molar-refractivity contribution is 7.89. The molecule has 0 aliphatic heterocycles. The van der Waals surface area contributed by atoms with Crippen molar-refractivity contribution < 1.29 is 13.2 Å². The second-order valence-electron chi connectivity index (χ2n) is 5.25. The molecule has 0 unspecified atom stereocenters. The summed E-state index contributed by atoms with van der Waals surface area (Å²) in [6.45, 7) is 3.62. The average Bonchev–Trinajstić information content (AvgIpc) is 2.35. The van der Waals surface area contributed by atoms with Crippen molar-refractivity contribution in [3.63, 3.8) is 0 Å². The van der Waals surface area contributed by atoms with E-state index in [9.17, 15) is 8.42 Å². The number of hydrogen-bond donors (Lipinski definition) is 1. The molecule has 0 saturated heterocycles. The van der Waals surface area contributed by atoms with E-state index in [-0.39, 0.29) is 10.9 Å². The molecule has 0 amide bonds. The third kappa shape index (κ3) is 3.09. The van der Waals surface area contributed by atoms with Crippen LogP contribution in [0.4, 0.5) is 0 Å². The Morgan fingerprint density at radius 3 is 2.26 bits per heavy atom. The minimum atomic E-state index is -3.51. The number of fused-ring (bicyclic) bond motifs is 1. The number of sulfonamides is 1. The van der Waals surface area contributed by atoms with Crippen LogP contribution < -0.4 is 9.46 Å². The largest absolute Gasteiger partial charge is 0.495 e. The summed E-state index contributed by atoms with van der Waals surface area (Å²) in [5.74, 6) is 0.439. The lowest BCUT2D eigenvalue weighted by Crippen LogP contribution is -2.30. The zero-order valence-corrected chi connectivity index (χ0v) is 12.5. The Balaban J connectivity index is 2.50. The van der Waals surface area contributed by atoms with Gasteiger partial charge in [0, 0.05) is 6.04 Å². The summed E-state index contributed by atoms with van der Waals surface area (Å²) in [7, 11) is -2.00. The van der Waals surface area contributed by atoms with Crippen LogP contribution in [0.3, 0.4) is 0 Å².